The Morgan fingerprint density at radius 1 is 1.05 bits per heavy atom. The molecule has 0 aliphatic carbocycles. The topological polar surface area (TPSA) is 81.1 Å². The Kier molecular flexibility index (Phi) is 3.94. The summed E-state index contributed by atoms with van der Waals surface area (Å²) in [5.41, 5.74) is 14.7. The van der Waals surface area contributed by atoms with Crippen molar-refractivity contribution in [2.24, 2.45) is 0 Å². The Bertz CT molecular complexity index is 618. The van der Waals surface area contributed by atoms with E-state index >= 15 is 0 Å². The second-order valence-corrected chi connectivity index (χ2v) is 5.08. The predicted octanol–water partition coefficient (Wildman–Crippen LogP) is 3.23. The quantitative estimate of drug-likeness (QED) is 0.748. The molecule has 0 fully saturated rings. The van der Waals surface area contributed by atoms with Crippen molar-refractivity contribution in [1.29, 1.82) is 0 Å². The van der Waals surface area contributed by atoms with Gasteiger partial charge in [-0.15, -0.1) is 0 Å². The molecule has 0 bridgehead atoms. The minimum atomic E-state index is -0.236. The fraction of sp³-hybridized carbons (Fsp3) is 0.188. The molecule has 1 amide bonds. The van der Waals surface area contributed by atoms with Crippen LogP contribution in [0.1, 0.15) is 35.7 Å². The third-order valence-corrected chi connectivity index (χ3v) is 3.16. The lowest BCUT2D eigenvalue weighted by atomic mass is 10.0. The zero-order valence-corrected chi connectivity index (χ0v) is 11.7. The van der Waals surface area contributed by atoms with E-state index in [1.807, 2.05) is 24.3 Å². The molecular formula is C16H19N3O. The van der Waals surface area contributed by atoms with Crippen LogP contribution in [0.3, 0.4) is 0 Å². The maximum Gasteiger partial charge on any atom is 0.257 e. The number of anilines is 3. The molecule has 4 nitrogen and oxygen atoms in total. The minimum absolute atomic E-state index is 0.236. The Labute approximate surface area is 118 Å². The van der Waals surface area contributed by atoms with Crippen molar-refractivity contribution in [3.63, 3.8) is 0 Å². The van der Waals surface area contributed by atoms with E-state index in [0.29, 0.717) is 22.9 Å². The number of nitrogens with one attached hydrogen (secondary N) is 1. The summed E-state index contributed by atoms with van der Waals surface area (Å²) in [6.07, 6.45) is 0. The van der Waals surface area contributed by atoms with Crippen molar-refractivity contribution in [2.45, 2.75) is 19.8 Å². The molecule has 0 aliphatic heterocycles. The van der Waals surface area contributed by atoms with Gasteiger partial charge in [0.05, 0.1) is 5.56 Å². The summed E-state index contributed by atoms with van der Waals surface area (Å²) in [7, 11) is 0. The number of carbonyl (C=O) groups excluding carboxylic acids is 1. The molecule has 0 saturated carbocycles. The summed E-state index contributed by atoms with van der Waals surface area (Å²) >= 11 is 0. The molecule has 0 atom stereocenters. The molecule has 104 valence electrons. The first kappa shape index (κ1) is 13.9. The van der Waals surface area contributed by atoms with Gasteiger partial charge in [0.25, 0.3) is 5.91 Å². The molecule has 4 heteroatoms. The molecule has 2 aromatic carbocycles. The molecule has 2 aromatic rings. The second kappa shape index (κ2) is 5.65. The average molecular weight is 269 g/mol. The normalized spacial score (nSPS) is 10.6. The molecule has 0 saturated heterocycles. The van der Waals surface area contributed by atoms with Gasteiger partial charge in [-0.3, -0.25) is 4.79 Å². The molecule has 0 spiro atoms. The van der Waals surface area contributed by atoms with Gasteiger partial charge in [-0.25, -0.2) is 0 Å². The molecule has 0 aromatic heterocycles. The zero-order valence-electron chi connectivity index (χ0n) is 11.7. The van der Waals surface area contributed by atoms with Crippen LogP contribution < -0.4 is 16.8 Å². The maximum atomic E-state index is 12.1. The number of nitrogen functional groups attached to an aromatic ring is 2. The molecular weight excluding hydrogens is 250 g/mol. The van der Waals surface area contributed by atoms with E-state index in [0.717, 1.165) is 5.69 Å². The predicted molar refractivity (Wildman–Crippen MR) is 83.8 cm³/mol. The minimum Gasteiger partial charge on any atom is -0.399 e. The van der Waals surface area contributed by atoms with E-state index in [9.17, 15) is 4.79 Å². The fourth-order valence-electron chi connectivity index (χ4n) is 1.94. The number of amides is 1. The van der Waals surface area contributed by atoms with E-state index in [4.69, 9.17) is 11.5 Å². The Balaban J connectivity index is 2.15. The van der Waals surface area contributed by atoms with Crippen molar-refractivity contribution >= 4 is 23.0 Å². The second-order valence-electron chi connectivity index (χ2n) is 5.08. The first-order valence-corrected chi connectivity index (χ1v) is 6.53. The first-order valence-electron chi connectivity index (χ1n) is 6.53. The lowest BCUT2D eigenvalue weighted by molar-refractivity contribution is 0.102. The van der Waals surface area contributed by atoms with Gasteiger partial charge in [0, 0.05) is 17.1 Å². The summed E-state index contributed by atoms with van der Waals surface area (Å²) in [6, 6.07) is 12.7. The van der Waals surface area contributed by atoms with Crippen molar-refractivity contribution in [2.75, 3.05) is 16.8 Å². The number of benzene rings is 2. The van der Waals surface area contributed by atoms with Crippen molar-refractivity contribution in [3.05, 3.63) is 53.6 Å². The van der Waals surface area contributed by atoms with Gasteiger partial charge in [0.15, 0.2) is 0 Å². The SMILES string of the molecule is CC(C)c1ccc(NC(=O)c2ccc(N)cc2N)cc1. The van der Waals surface area contributed by atoms with Crippen LogP contribution >= 0.6 is 0 Å². The van der Waals surface area contributed by atoms with E-state index < -0.39 is 0 Å². The average Bonchev–Trinajstić information content (AvgIpc) is 2.39. The number of rotatable bonds is 3. The van der Waals surface area contributed by atoms with Crippen LogP contribution in [0.4, 0.5) is 17.1 Å². The monoisotopic (exact) mass is 269 g/mol. The van der Waals surface area contributed by atoms with E-state index in [1.54, 1.807) is 18.2 Å². The van der Waals surface area contributed by atoms with Crippen molar-refractivity contribution < 1.29 is 4.79 Å². The molecule has 2 rings (SSSR count). The largest absolute Gasteiger partial charge is 0.399 e. The summed E-state index contributed by atoms with van der Waals surface area (Å²) in [4.78, 5) is 12.1. The highest BCUT2D eigenvalue weighted by atomic mass is 16.1. The van der Waals surface area contributed by atoms with Gasteiger partial charge >= 0.3 is 0 Å². The third kappa shape index (κ3) is 3.09. The van der Waals surface area contributed by atoms with Crippen LogP contribution in [-0.4, -0.2) is 5.91 Å². The fourth-order valence-corrected chi connectivity index (χ4v) is 1.94. The number of carbonyl (C=O) groups is 1. The van der Waals surface area contributed by atoms with Gasteiger partial charge in [0.1, 0.15) is 0 Å². The number of nitrogens with two attached hydrogens (primary N) is 2. The van der Waals surface area contributed by atoms with E-state index in [1.165, 1.54) is 5.56 Å². The molecule has 0 radical (unpaired) electrons. The highest BCUT2D eigenvalue weighted by Gasteiger charge is 2.10. The van der Waals surface area contributed by atoms with Crippen LogP contribution in [0.2, 0.25) is 0 Å². The van der Waals surface area contributed by atoms with Crippen LogP contribution in [-0.2, 0) is 0 Å². The molecule has 0 unspecified atom stereocenters. The van der Waals surface area contributed by atoms with Crippen molar-refractivity contribution in [1.82, 2.24) is 0 Å². The van der Waals surface area contributed by atoms with Crippen LogP contribution in [0.15, 0.2) is 42.5 Å². The molecule has 5 N–H and O–H groups in total. The lowest BCUT2D eigenvalue weighted by Gasteiger charge is -2.10. The standard InChI is InChI=1S/C16H19N3O/c1-10(2)11-3-6-13(7-4-11)19-16(20)14-8-5-12(17)9-15(14)18/h3-10H,17-18H2,1-2H3,(H,19,20). The Morgan fingerprint density at radius 2 is 1.70 bits per heavy atom. The highest BCUT2D eigenvalue weighted by Crippen LogP contribution is 2.20. The summed E-state index contributed by atoms with van der Waals surface area (Å²) in [6.45, 7) is 4.26. The number of hydrogen-bond acceptors (Lipinski definition) is 3. The van der Waals surface area contributed by atoms with Gasteiger partial charge in [0.2, 0.25) is 0 Å². The van der Waals surface area contributed by atoms with Gasteiger partial charge in [-0.2, -0.15) is 0 Å². The Morgan fingerprint density at radius 3 is 2.25 bits per heavy atom. The summed E-state index contributed by atoms with van der Waals surface area (Å²) in [5.74, 6) is 0.229. The van der Waals surface area contributed by atoms with Gasteiger partial charge in [-0.1, -0.05) is 26.0 Å². The van der Waals surface area contributed by atoms with E-state index in [2.05, 4.69) is 19.2 Å². The lowest BCUT2D eigenvalue weighted by Crippen LogP contribution is -2.14. The van der Waals surface area contributed by atoms with Gasteiger partial charge in [-0.05, 0) is 41.8 Å². The van der Waals surface area contributed by atoms with Crippen LogP contribution in [0.25, 0.3) is 0 Å². The van der Waals surface area contributed by atoms with Gasteiger partial charge < -0.3 is 16.8 Å². The smallest absolute Gasteiger partial charge is 0.257 e. The maximum absolute atomic E-state index is 12.1. The summed E-state index contributed by atoms with van der Waals surface area (Å²) in [5, 5.41) is 2.82. The highest BCUT2D eigenvalue weighted by molar-refractivity contribution is 6.08. The third-order valence-electron chi connectivity index (χ3n) is 3.16. The van der Waals surface area contributed by atoms with Crippen LogP contribution in [0.5, 0.6) is 0 Å². The molecule has 0 aliphatic rings. The Hall–Kier alpha value is -2.49. The number of hydrogen-bond donors (Lipinski definition) is 3. The molecule has 0 heterocycles. The first-order chi connectivity index (χ1) is 9.47. The summed E-state index contributed by atoms with van der Waals surface area (Å²) < 4.78 is 0. The molecule has 20 heavy (non-hydrogen) atoms. The zero-order chi connectivity index (χ0) is 14.7. The van der Waals surface area contributed by atoms with Crippen molar-refractivity contribution in [3.8, 4) is 0 Å². The van der Waals surface area contributed by atoms with Crippen LogP contribution in [0, 0.1) is 0 Å². The van der Waals surface area contributed by atoms with E-state index in [-0.39, 0.29) is 5.91 Å².